The van der Waals surface area contributed by atoms with Crippen LogP contribution in [-0.4, -0.2) is 39.7 Å². The van der Waals surface area contributed by atoms with E-state index in [1.165, 1.54) is 21.3 Å². The molecule has 0 saturated carbocycles. The lowest BCUT2D eigenvalue weighted by Gasteiger charge is -2.10. The molecular weight excluding hydrogens is 312 g/mol. The molecule has 0 spiro atoms. The molecule has 0 aliphatic heterocycles. The highest BCUT2D eigenvalue weighted by molar-refractivity contribution is 6.01. The lowest BCUT2D eigenvalue weighted by atomic mass is 10.1. The summed E-state index contributed by atoms with van der Waals surface area (Å²) >= 11 is 0. The van der Waals surface area contributed by atoms with E-state index in [9.17, 15) is 9.59 Å². The fraction of sp³-hybridized carbons (Fsp3) is 0.222. The van der Waals surface area contributed by atoms with Crippen LogP contribution < -0.4 is 14.2 Å². The number of ketones is 1. The first kappa shape index (κ1) is 17.3. The van der Waals surface area contributed by atoms with Gasteiger partial charge in [-0.05, 0) is 42.5 Å². The largest absolute Gasteiger partial charge is 0.497 e. The van der Waals surface area contributed by atoms with Crippen molar-refractivity contribution in [3.8, 4) is 17.2 Å². The summed E-state index contributed by atoms with van der Waals surface area (Å²) in [5.41, 5.74) is 0.626. The summed E-state index contributed by atoms with van der Waals surface area (Å²) in [6.07, 6.45) is 0. The van der Waals surface area contributed by atoms with E-state index >= 15 is 0 Å². The van der Waals surface area contributed by atoms with Gasteiger partial charge in [-0.25, -0.2) is 4.79 Å². The number of ether oxygens (including phenoxy) is 4. The normalized spacial score (nSPS) is 9.96. The van der Waals surface area contributed by atoms with Crippen LogP contribution in [0.25, 0.3) is 0 Å². The van der Waals surface area contributed by atoms with Gasteiger partial charge in [0.2, 0.25) is 5.78 Å². The summed E-state index contributed by atoms with van der Waals surface area (Å²) in [6.45, 7) is -0.394. The molecule has 0 unspecified atom stereocenters. The molecule has 24 heavy (non-hydrogen) atoms. The summed E-state index contributed by atoms with van der Waals surface area (Å²) in [6, 6.07) is 11.3. The van der Waals surface area contributed by atoms with Crippen molar-refractivity contribution in [1.29, 1.82) is 0 Å². The van der Waals surface area contributed by atoms with E-state index in [1.54, 1.807) is 42.5 Å². The van der Waals surface area contributed by atoms with Crippen LogP contribution in [0.15, 0.2) is 42.5 Å². The molecule has 2 aromatic carbocycles. The maximum absolute atomic E-state index is 12.3. The second-order valence-corrected chi connectivity index (χ2v) is 4.79. The zero-order chi connectivity index (χ0) is 17.5. The molecule has 0 aliphatic carbocycles. The number of hydrogen-bond donors (Lipinski definition) is 0. The zero-order valence-corrected chi connectivity index (χ0v) is 13.7. The Hall–Kier alpha value is -3.02. The van der Waals surface area contributed by atoms with Gasteiger partial charge in [0, 0.05) is 0 Å². The summed E-state index contributed by atoms with van der Waals surface area (Å²) in [5.74, 6) is 0.561. The van der Waals surface area contributed by atoms with Crippen molar-refractivity contribution in [1.82, 2.24) is 0 Å². The minimum Gasteiger partial charge on any atom is -0.497 e. The molecular formula is C18H18O6. The van der Waals surface area contributed by atoms with Crippen LogP contribution >= 0.6 is 0 Å². The molecule has 0 radical (unpaired) electrons. The topological polar surface area (TPSA) is 71.1 Å². The SMILES string of the molecule is COc1ccc(C(=O)OCC(=O)c2cc(OC)ccc2OC)cc1. The Morgan fingerprint density at radius 1 is 0.833 bits per heavy atom. The summed E-state index contributed by atoms with van der Waals surface area (Å²) in [4.78, 5) is 24.3. The van der Waals surface area contributed by atoms with E-state index in [-0.39, 0.29) is 5.78 Å². The van der Waals surface area contributed by atoms with Crippen molar-refractivity contribution >= 4 is 11.8 Å². The molecule has 0 heterocycles. The minimum absolute atomic E-state index is 0.291. The highest BCUT2D eigenvalue weighted by atomic mass is 16.5. The van der Waals surface area contributed by atoms with Crippen LogP contribution in [0.1, 0.15) is 20.7 Å². The van der Waals surface area contributed by atoms with Gasteiger partial charge in [-0.3, -0.25) is 4.79 Å². The van der Waals surface area contributed by atoms with Gasteiger partial charge in [0.05, 0.1) is 32.5 Å². The Bertz CT molecular complexity index is 721. The van der Waals surface area contributed by atoms with Crippen LogP contribution in [0, 0.1) is 0 Å². The van der Waals surface area contributed by atoms with E-state index in [0.717, 1.165) is 0 Å². The molecule has 0 bridgehead atoms. The second kappa shape index (κ2) is 8.01. The van der Waals surface area contributed by atoms with Crippen LogP contribution in [0.5, 0.6) is 17.2 Å². The van der Waals surface area contributed by atoms with Gasteiger partial charge in [-0.15, -0.1) is 0 Å². The first-order valence-corrected chi connectivity index (χ1v) is 7.15. The smallest absolute Gasteiger partial charge is 0.338 e. The Kier molecular flexibility index (Phi) is 5.78. The van der Waals surface area contributed by atoms with Crippen molar-refractivity contribution in [2.45, 2.75) is 0 Å². The summed E-state index contributed by atoms with van der Waals surface area (Å²) < 4.78 is 20.3. The van der Waals surface area contributed by atoms with Crippen molar-refractivity contribution in [3.63, 3.8) is 0 Å². The number of carbonyl (C=O) groups is 2. The highest BCUT2D eigenvalue weighted by Gasteiger charge is 2.16. The van der Waals surface area contributed by atoms with Crippen LogP contribution in [-0.2, 0) is 4.74 Å². The molecule has 126 valence electrons. The number of esters is 1. The molecule has 0 fully saturated rings. The average molecular weight is 330 g/mol. The summed E-state index contributed by atoms with van der Waals surface area (Å²) in [5, 5.41) is 0. The second-order valence-electron chi connectivity index (χ2n) is 4.79. The number of Topliss-reactive ketones (excluding diaryl/α,β-unsaturated/α-hetero) is 1. The lowest BCUT2D eigenvalue weighted by Crippen LogP contribution is -2.15. The molecule has 6 nitrogen and oxygen atoms in total. The third kappa shape index (κ3) is 4.04. The van der Waals surface area contributed by atoms with Gasteiger partial charge in [-0.1, -0.05) is 0 Å². The fourth-order valence-electron chi connectivity index (χ4n) is 2.05. The van der Waals surface area contributed by atoms with Crippen molar-refractivity contribution in [2.75, 3.05) is 27.9 Å². The Morgan fingerprint density at radius 3 is 2.04 bits per heavy atom. The van der Waals surface area contributed by atoms with Crippen molar-refractivity contribution in [2.24, 2.45) is 0 Å². The maximum Gasteiger partial charge on any atom is 0.338 e. The molecule has 0 amide bonds. The predicted octanol–water partition coefficient (Wildman–Crippen LogP) is 2.75. The molecule has 2 rings (SSSR count). The van der Waals surface area contributed by atoms with Gasteiger partial charge < -0.3 is 18.9 Å². The first-order chi connectivity index (χ1) is 11.6. The number of benzene rings is 2. The molecule has 0 saturated heterocycles. The Balaban J connectivity index is 2.05. The highest BCUT2D eigenvalue weighted by Crippen LogP contribution is 2.24. The molecule has 0 N–H and O–H groups in total. The number of carbonyl (C=O) groups excluding carboxylic acids is 2. The van der Waals surface area contributed by atoms with E-state index in [2.05, 4.69) is 0 Å². The van der Waals surface area contributed by atoms with Crippen molar-refractivity contribution in [3.05, 3.63) is 53.6 Å². The molecule has 6 heteroatoms. The van der Waals surface area contributed by atoms with E-state index < -0.39 is 12.6 Å². The molecule has 2 aromatic rings. The minimum atomic E-state index is -0.590. The van der Waals surface area contributed by atoms with Gasteiger partial charge in [0.25, 0.3) is 0 Å². The zero-order valence-electron chi connectivity index (χ0n) is 13.7. The van der Waals surface area contributed by atoms with Crippen LogP contribution in [0.2, 0.25) is 0 Å². The number of rotatable bonds is 7. The van der Waals surface area contributed by atoms with E-state index in [0.29, 0.717) is 28.4 Å². The third-order valence-corrected chi connectivity index (χ3v) is 3.37. The van der Waals surface area contributed by atoms with E-state index in [4.69, 9.17) is 18.9 Å². The van der Waals surface area contributed by atoms with Gasteiger partial charge >= 0.3 is 5.97 Å². The van der Waals surface area contributed by atoms with Gasteiger partial charge in [0.15, 0.2) is 6.61 Å². The fourth-order valence-corrected chi connectivity index (χ4v) is 2.05. The van der Waals surface area contributed by atoms with Crippen molar-refractivity contribution < 1.29 is 28.5 Å². The monoisotopic (exact) mass is 330 g/mol. The predicted molar refractivity (Wildman–Crippen MR) is 87.2 cm³/mol. The average Bonchev–Trinajstić information content (AvgIpc) is 2.65. The standard InChI is InChI=1S/C18H18O6/c1-21-13-6-4-12(5-7-13)18(20)24-11-16(19)15-10-14(22-2)8-9-17(15)23-3/h4-10H,11H2,1-3H3. The molecule has 0 atom stereocenters. The quantitative estimate of drug-likeness (QED) is 0.574. The van der Waals surface area contributed by atoms with Gasteiger partial charge in [-0.2, -0.15) is 0 Å². The van der Waals surface area contributed by atoms with Crippen LogP contribution in [0.3, 0.4) is 0 Å². The van der Waals surface area contributed by atoms with E-state index in [1.807, 2.05) is 0 Å². The number of methoxy groups -OCH3 is 3. The maximum atomic E-state index is 12.3. The third-order valence-electron chi connectivity index (χ3n) is 3.37. The summed E-state index contributed by atoms with van der Waals surface area (Å²) in [7, 11) is 4.50. The number of hydrogen-bond acceptors (Lipinski definition) is 6. The molecule has 0 aromatic heterocycles. The Labute approximate surface area is 139 Å². The Morgan fingerprint density at radius 2 is 1.46 bits per heavy atom. The van der Waals surface area contributed by atoms with Crippen LogP contribution in [0.4, 0.5) is 0 Å². The first-order valence-electron chi connectivity index (χ1n) is 7.15. The molecule has 0 aliphatic rings. The lowest BCUT2D eigenvalue weighted by molar-refractivity contribution is 0.0474. The van der Waals surface area contributed by atoms with Gasteiger partial charge in [0.1, 0.15) is 17.2 Å².